The van der Waals surface area contributed by atoms with Crippen molar-refractivity contribution in [3.8, 4) is 0 Å². The van der Waals surface area contributed by atoms with E-state index in [1.807, 2.05) is 6.55 Å². The van der Waals surface area contributed by atoms with Crippen molar-refractivity contribution in [2.45, 2.75) is 44.2 Å². The lowest BCUT2D eigenvalue weighted by atomic mass is 10.5. The van der Waals surface area contributed by atoms with Crippen molar-refractivity contribution < 1.29 is 21.7 Å². The van der Waals surface area contributed by atoms with Gasteiger partial charge in [0.05, 0.1) is 0 Å². The lowest BCUT2D eigenvalue weighted by Crippen LogP contribution is -2.47. The molecular formula is C10H19F3O2Si2. The zero-order valence-electron chi connectivity index (χ0n) is 10.3. The van der Waals surface area contributed by atoms with Crippen molar-refractivity contribution in [3.05, 3.63) is 12.3 Å². The quantitative estimate of drug-likeness (QED) is 0.735. The molecule has 0 saturated carbocycles. The van der Waals surface area contributed by atoms with Crippen molar-refractivity contribution in [3.63, 3.8) is 0 Å². The van der Waals surface area contributed by atoms with Gasteiger partial charge in [-0.25, -0.2) is 0 Å². The Balaban J connectivity index is 2.68. The maximum Gasteiger partial charge on any atom is 0.389 e. The molecule has 1 heterocycles. The fraction of sp³-hybridized carbons (Fsp3) is 0.800. The van der Waals surface area contributed by atoms with Crippen LogP contribution in [0.1, 0.15) is 12.8 Å². The van der Waals surface area contributed by atoms with E-state index in [0.717, 1.165) is 12.5 Å². The molecular weight excluding hydrogens is 265 g/mol. The minimum atomic E-state index is -4.14. The minimum absolute atomic E-state index is 0.0209. The zero-order chi connectivity index (χ0) is 13.2. The molecule has 1 fully saturated rings. The highest BCUT2D eigenvalue weighted by atomic mass is 28.4. The summed E-state index contributed by atoms with van der Waals surface area (Å²) >= 11 is 0. The molecule has 0 amide bonds. The van der Waals surface area contributed by atoms with Gasteiger partial charge in [-0.15, -0.1) is 6.58 Å². The molecule has 1 aliphatic heterocycles. The molecule has 0 aromatic carbocycles. The Kier molecular flexibility index (Phi) is 4.62. The van der Waals surface area contributed by atoms with E-state index in [2.05, 4.69) is 6.58 Å². The van der Waals surface area contributed by atoms with Gasteiger partial charge in [-0.1, -0.05) is 5.70 Å². The molecule has 100 valence electrons. The smallest absolute Gasteiger partial charge is 0.389 e. The molecule has 2 atom stereocenters. The third-order valence-corrected chi connectivity index (χ3v) is 10.7. The number of alkyl halides is 3. The van der Waals surface area contributed by atoms with E-state index in [1.165, 1.54) is 0 Å². The summed E-state index contributed by atoms with van der Waals surface area (Å²) in [7, 11) is -4.74. The molecule has 2 nitrogen and oxygen atoms in total. The van der Waals surface area contributed by atoms with Gasteiger partial charge in [0, 0.05) is 13.0 Å². The predicted molar refractivity (Wildman–Crippen MR) is 65.4 cm³/mol. The summed E-state index contributed by atoms with van der Waals surface area (Å²) in [4.78, 5) is 0. The van der Waals surface area contributed by atoms with Gasteiger partial charge < -0.3 is 8.54 Å². The first-order valence-electron chi connectivity index (χ1n) is 5.73. The second kappa shape index (κ2) is 5.25. The van der Waals surface area contributed by atoms with Crippen molar-refractivity contribution in [1.29, 1.82) is 0 Å². The highest BCUT2D eigenvalue weighted by Gasteiger charge is 2.44. The number of hydrogen-bond donors (Lipinski definition) is 0. The van der Waals surface area contributed by atoms with Crippen LogP contribution in [-0.4, -0.2) is 29.7 Å². The Bertz CT molecular complexity index is 285. The summed E-state index contributed by atoms with van der Waals surface area (Å²) < 4.78 is 48.3. The normalized spacial score (nSPS) is 35.4. The van der Waals surface area contributed by atoms with Crippen LogP contribution in [0, 0.1) is 0 Å². The average Bonchev–Trinajstić information content (AvgIpc) is 2.36. The third kappa shape index (κ3) is 4.94. The Morgan fingerprint density at radius 2 is 2.00 bits per heavy atom. The minimum Gasteiger partial charge on any atom is -0.432 e. The van der Waals surface area contributed by atoms with Crippen molar-refractivity contribution in [1.82, 2.24) is 0 Å². The first-order chi connectivity index (χ1) is 7.68. The second-order valence-corrected chi connectivity index (χ2v) is 12.2. The van der Waals surface area contributed by atoms with Crippen molar-refractivity contribution >= 4 is 16.9 Å². The molecule has 0 aliphatic carbocycles. The zero-order valence-corrected chi connectivity index (χ0v) is 12.3. The van der Waals surface area contributed by atoms with Crippen LogP contribution < -0.4 is 0 Å². The van der Waals surface area contributed by atoms with Crippen LogP contribution in [0.2, 0.25) is 25.2 Å². The van der Waals surface area contributed by atoms with E-state index in [4.69, 9.17) is 8.54 Å². The van der Waals surface area contributed by atoms with Crippen LogP contribution in [0.25, 0.3) is 0 Å². The van der Waals surface area contributed by atoms with Crippen LogP contribution >= 0.6 is 0 Å². The van der Waals surface area contributed by atoms with E-state index in [1.54, 1.807) is 12.2 Å². The molecule has 0 bridgehead atoms. The molecule has 0 spiro atoms. The van der Waals surface area contributed by atoms with E-state index < -0.39 is 29.5 Å². The predicted octanol–water partition coefficient (Wildman–Crippen LogP) is 3.75. The summed E-state index contributed by atoms with van der Waals surface area (Å²) in [6.07, 6.45) is -4.11. The highest BCUT2D eigenvalue weighted by Crippen LogP contribution is 2.32. The summed E-state index contributed by atoms with van der Waals surface area (Å²) in [5, 5.41) is 0. The summed E-state index contributed by atoms with van der Waals surface area (Å²) in [5.41, 5.74) is 1.81. The second-order valence-electron chi connectivity index (χ2n) is 4.82. The Morgan fingerprint density at radius 1 is 1.35 bits per heavy atom. The molecule has 0 aromatic rings. The molecule has 0 N–H and O–H groups in total. The fourth-order valence-corrected chi connectivity index (χ4v) is 9.76. The van der Waals surface area contributed by atoms with Gasteiger partial charge in [0.1, 0.15) is 0 Å². The lowest BCUT2D eigenvalue weighted by Gasteiger charge is -2.33. The highest BCUT2D eigenvalue weighted by molar-refractivity contribution is 6.86. The SMILES string of the molecule is C=C[Si]1(C)CCCO[Si](C)(CCC(F)(F)F)O1. The van der Waals surface area contributed by atoms with E-state index in [9.17, 15) is 13.2 Å². The molecule has 2 unspecified atom stereocenters. The van der Waals surface area contributed by atoms with Gasteiger partial charge in [-0.05, 0) is 31.6 Å². The van der Waals surface area contributed by atoms with Gasteiger partial charge in [-0.3, -0.25) is 0 Å². The molecule has 1 saturated heterocycles. The van der Waals surface area contributed by atoms with Crippen LogP contribution in [0.15, 0.2) is 12.3 Å². The summed E-state index contributed by atoms with van der Waals surface area (Å²) in [6.45, 7) is 7.99. The van der Waals surface area contributed by atoms with Crippen LogP contribution in [0.3, 0.4) is 0 Å². The standard InChI is InChI=1S/C10H19F3O2Si2/c1-4-16(2)8-5-7-14-17(3,15-16)9-6-10(11,12)13/h4H,1,5-9H2,2-3H3. The Morgan fingerprint density at radius 3 is 2.53 bits per heavy atom. The van der Waals surface area contributed by atoms with Gasteiger partial charge >= 0.3 is 14.7 Å². The van der Waals surface area contributed by atoms with Crippen LogP contribution in [0.5, 0.6) is 0 Å². The Labute approximate surface area is 102 Å². The largest absolute Gasteiger partial charge is 0.432 e. The molecule has 1 rings (SSSR count). The van der Waals surface area contributed by atoms with Gasteiger partial charge in [-0.2, -0.15) is 13.2 Å². The third-order valence-electron chi connectivity index (χ3n) is 2.97. The van der Waals surface area contributed by atoms with Crippen LogP contribution in [-0.2, 0) is 8.54 Å². The number of hydrogen-bond acceptors (Lipinski definition) is 2. The Hall–Kier alpha value is -0.116. The fourth-order valence-electron chi connectivity index (χ4n) is 1.92. The first kappa shape index (κ1) is 14.9. The molecule has 0 aromatic heterocycles. The van der Waals surface area contributed by atoms with Gasteiger partial charge in [0.25, 0.3) is 0 Å². The topological polar surface area (TPSA) is 18.5 Å². The van der Waals surface area contributed by atoms with E-state index >= 15 is 0 Å². The monoisotopic (exact) mass is 284 g/mol. The van der Waals surface area contributed by atoms with Gasteiger partial charge in [0.15, 0.2) is 0 Å². The van der Waals surface area contributed by atoms with E-state index in [0.29, 0.717) is 6.61 Å². The maximum absolute atomic E-state index is 12.3. The lowest BCUT2D eigenvalue weighted by molar-refractivity contribution is -0.131. The maximum atomic E-state index is 12.3. The number of rotatable bonds is 3. The molecule has 0 radical (unpaired) electrons. The number of halogens is 3. The average molecular weight is 284 g/mol. The van der Waals surface area contributed by atoms with Crippen molar-refractivity contribution in [2.75, 3.05) is 6.61 Å². The van der Waals surface area contributed by atoms with Gasteiger partial charge in [0.2, 0.25) is 8.32 Å². The first-order valence-corrected chi connectivity index (χ1v) is 10.9. The molecule has 7 heteroatoms. The van der Waals surface area contributed by atoms with Crippen LogP contribution in [0.4, 0.5) is 13.2 Å². The molecule has 17 heavy (non-hydrogen) atoms. The summed E-state index contributed by atoms with van der Waals surface area (Å²) in [5.74, 6) is 0. The van der Waals surface area contributed by atoms with Crippen molar-refractivity contribution in [2.24, 2.45) is 0 Å². The summed E-state index contributed by atoms with van der Waals surface area (Å²) in [6, 6.07) is 0.859. The van der Waals surface area contributed by atoms with E-state index in [-0.39, 0.29) is 6.04 Å². The molecule has 1 aliphatic rings.